The van der Waals surface area contributed by atoms with Crippen LogP contribution in [0.15, 0.2) is 55.1 Å². The number of nitrogen functional groups attached to an aromatic ring is 1. The minimum Gasteiger partial charge on any atom is -0.497 e. The highest BCUT2D eigenvalue weighted by Gasteiger charge is 2.28. The van der Waals surface area contributed by atoms with E-state index in [1.54, 1.807) is 25.6 Å². The molecule has 9 heteroatoms. The molecule has 172 valence electrons. The fraction of sp³-hybridized carbons (Fsp3) is 0.333. The lowest BCUT2D eigenvalue weighted by atomic mass is 10.0. The number of rotatable bonds is 7. The molecule has 9 nitrogen and oxygen atoms in total. The van der Waals surface area contributed by atoms with Crippen LogP contribution in [0.1, 0.15) is 17.4 Å². The maximum Gasteiger partial charge on any atom is 0.236 e. The third-order valence-corrected chi connectivity index (χ3v) is 5.58. The fourth-order valence-corrected chi connectivity index (χ4v) is 3.90. The molecule has 3 heterocycles. The van der Waals surface area contributed by atoms with Gasteiger partial charge in [-0.2, -0.15) is 0 Å². The number of methoxy groups -OCH3 is 1. The third-order valence-electron chi connectivity index (χ3n) is 5.58. The van der Waals surface area contributed by atoms with Gasteiger partial charge in [-0.1, -0.05) is 12.1 Å². The molecule has 33 heavy (non-hydrogen) atoms. The van der Waals surface area contributed by atoms with Crippen LogP contribution in [-0.2, 0) is 16.1 Å². The molecule has 1 aromatic carbocycles. The summed E-state index contributed by atoms with van der Waals surface area (Å²) in [5, 5.41) is 0. The number of anilines is 1. The molecule has 4 rings (SSSR count). The minimum absolute atomic E-state index is 0.0584. The predicted molar refractivity (Wildman–Crippen MR) is 124 cm³/mol. The van der Waals surface area contributed by atoms with Gasteiger partial charge in [-0.15, -0.1) is 0 Å². The topological polar surface area (TPSA) is 107 Å². The number of ether oxygens (including phenoxy) is 2. The Labute approximate surface area is 193 Å². The Kier molecular flexibility index (Phi) is 7.11. The summed E-state index contributed by atoms with van der Waals surface area (Å²) in [5.74, 6) is 1.29. The van der Waals surface area contributed by atoms with Crippen molar-refractivity contribution in [3.05, 3.63) is 66.4 Å². The number of nitrogens with two attached hydrogens (primary N) is 1. The highest BCUT2D eigenvalue weighted by molar-refractivity contribution is 5.78. The molecule has 0 bridgehead atoms. The fourth-order valence-electron chi connectivity index (χ4n) is 3.90. The van der Waals surface area contributed by atoms with Crippen molar-refractivity contribution in [2.75, 3.05) is 46.1 Å². The van der Waals surface area contributed by atoms with Crippen LogP contribution in [0.4, 0.5) is 5.82 Å². The van der Waals surface area contributed by atoms with Crippen molar-refractivity contribution < 1.29 is 14.3 Å². The van der Waals surface area contributed by atoms with Crippen molar-refractivity contribution in [1.29, 1.82) is 0 Å². The molecule has 0 radical (unpaired) electrons. The molecule has 0 saturated carbocycles. The lowest BCUT2D eigenvalue weighted by molar-refractivity contribution is -0.140. The Morgan fingerprint density at radius 1 is 1.27 bits per heavy atom. The van der Waals surface area contributed by atoms with Crippen molar-refractivity contribution in [3.63, 3.8) is 0 Å². The Bertz CT molecular complexity index is 1090. The average molecular weight is 449 g/mol. The van der Waals surface area contributed by atoms with Crippen LogP contribution in [0.3, 0.4) is 0 Å². The van der Waals surface area contributed by atoms with E-state index in [2.05, 4.69) is 15.0 Å². The number of carbonyl (C=O) groups excluding carboxylic acids is 1. The number of carbonyl (C=O) groups is 1. The molecular formula is C24H28N6O3. The lowest BCUT2D eigenvalue weighted by Crippen LogP contribution is -2.46. The number of hydrogen-bond donors (Lipinski definition) is 1. The number of aromatic nitrogens is 3. The molecule has 2 aromatic heterocycles. The summed E-state index contributed by atoms with van der Waals surface area (Å²) in [6.07, 6.45) is 4.54. The van der Waals surface area contributed by atoms with Crippen LogP contribution in [-0.4, -0.2) is 71.1 Å². The molecule has 2 N–H and O–H groups in total. The van der Waals surface area contributed by atoms with Gasteiger partial charge in [0.25, 0.3) is 0 Å². The zero-order valence-electron chi connectivity index (χ0n) is 18.8. The summed E-state index contributed by atoms with van der Waals surface area (Å²) in [7, 11) is 3.59. The van der Waals surface area contributed by atoms with E-state index in [-0.39, 0.29) is 12.0 Å². The molecule has 1 aliphatic rings. The van der Waals surface area contributed by atoms with Crippen LogP contribution in [0.2, 0.25) is 0 Å². The van der Waals surface area contributed by atoms with Gasteiger partial charge in [-0.25, -0.2) is 15.0 Å². The first kappa shape index (κ1) is 22.6. The Hall–Kier alpha value is -3.56. The summed E-state index contributed by atoms with van der Waals surface area (Å²) in [6.45, 7) is 2.41. The van der Waals surface area contributed by atoms with E-state index in [0.29, 0.717) is 38.6 Å². The number of likely N-dealkylation sites (N-methyl/N-ethyl adjacent to an activating group) is 1. The first-order chi connectivity index (χ1) is 16.0. The molecule has 0 spiro atoms. The van der Waals surface area contributed by atoms with Crippen LogP contribution in [0.25, 0.3) is 11.1 Å². The summed E-state index contributed by atoms with van der Waals surface area (Å²) >= 11 is 0. The monoisotopic (exact) mass is 448 g/mol. The van der Waals surface area contributed by atoms with E-state index in [4.69, 9.17) is 15.2 Å². The summed E-state index contributed by atoms with van der Waals surface area (Å²) in [6, 6.07) is 11.5. The van der Waals surface area contributed by atoms with Crippen LogP contribution in [0.5, 0.6) is 5.75 Å². The second kappa shape index (κ2) is 10.4. The first-order valence-corrected chi connectivity index (χ1v) is 10.8. The predicted octanol–water partition coefficient (Wildman–Crippen LogP) is 2.16. The van der Waals surface area contributed by atoms with Crippen molar-refractivity contribution in [2.24, 2.45) is 0 Å². The Balaban J connectivity index is 1.42. The lowest BCUT2D eigenvalue weighted by Gasteiger charge is -2.34. The maximum absolute atomic E-state index is 13.0. The minimum atomic E-state index is -0.345. The van der Waals surface area contributed by atoms with Gasteiger partial charge in [0.2, 0.25) is 5.91 Å². The van der Waals surface area contributed by atoms with Crippen molar-refractivity contribution in [3.8, 4) is 16.9 Å². The van der Waals surface area contributed by atoms with Gasteiger partial charge in [0.05, 0.1) is 32.5 Å². The zero-order valence-corrected chi connectivity index (χ0v) is 18.8. The second-order valence-electron chi connectivity index (χ2n) is 8.01. The van der Waals surface area contributed by atoms with E-state index >= 15 is 0 Å². The summed E-state index contributed by atoms with van der Waals surface area (Å²) < 4.78 is 11.2. The van der Waals surface area contributed by atoms with Crippen LogP contribution < -0.4 is 10.5 Å². The van der Waals surface area contributed by atoms with E-state index in [1.165, 1.54) is 6.33 Å². The van der Waals surface area contributed by atoms with Crippen LogP contribution >= 0.6 is 0 Å². The quantitative estimate of drug-likeness (QED) is 0.586. The molecule has 3 aromatic rings. The number of benzene rings is 1. The average Bonchev–Trinajstić information content (AvgIpc) is 2.84. The van der Waals surface area contributed by atoms with Crippen LogP contribution in [0, 0.1) is 0 Å². The highest BCUT2D eigenvalue weighted by Crippen LogP contribution is 2.30. The maximum atomic E-state index is 13.0. The van der Waals surface area contributed by atoms with Gasteiger partial charge in [0.15, 0.2) is 0 Å². The van der Waals surface area contributed by atoms with Crippen molar-refractivity contribution in [2.45, 2.75) is 12.6 Å². The molecule has 1 amide bonds. The number of hydrogen-bond acceptors (Lipinski definition) is 8. The Morgan fingerprint density at radius 2 is 2.09 bits per heavy atom. The van der Waals surface area contributed by atoms with Gasteiger partial charge in [-0.05, 0) is 42.4 Å². The second-order valence-corrected chi connectivity index (χ2v) is 8.01. The van der Waals surface area contributed by atoms with Crippen molar-refractivity contribution >= 4 is 11.7 Å². The number of amides is 1. The summed E-state index contributed by atoms with van der Waals surface area (Å²) in [5.41, 5.74) is 9.40. The van der Waals surface area contributed by atoms with Gasteiger partial charge in [0, 0.05) is 31.0 Å². The SMILES string of the molecule is COc1ccc(CN(C)CC(=O)N2CCO[C@@H](c3ncncc3-c3ccnc(N)c3)C2)cc1. The van der Waals surface area contributed by atoms with Gasteiger partial charge in [-0.3, -0.25) is 9.69 Å². The van der Waals surface area contributed by atoms with E-state index in [1.807, 2.05) is 47.2 Å². The van der Waals surface area contributed by atoms with E-state index in [0.717, 1.165) is 28.1 Å². The number of morpholine rings is 1. The third kappa shape index (κ3) is 5.63. The van der Waals surface area contributed by atoms with E-state index < -0.39 is 0 Å². The van der Waals surface area contributed by atoms with E-state index in [9.17, 15) is 4.79 Å². The molecule has 0 unspecified atom stereocenters. The van der Waals surface area contributed by atoms with Crippen molar-refractivity contribution in [1.82, 2.24) is 24.8 Å². The molecular weight excluding hydrogens is 420 g/mol. The number of nitrogens with zero attached hydrogens (tertiary/aromatic N) is 5. The summed E-state index contributed by atoms with van der Waals surface area (Å²) in [4.78, 5) is 29.6. The normalized spacial score (nSPS) is 16.1. The molecule has 1 saturated heterocycles. The molecule has 1 aliphatic heterocycles. The molecule has 0 aliphatic carbocycles. The highest BCUT2D eigenvalue weighted by atomic mass is 16.5. The standard InChI is InChI=1S/C24H28N6O3/c1-29(13-17-3-5-19(32-2)6-4-17)15-23(31)30-9-10-33-21(14-30)24-20(12-26-16-28-24)18-7-8-27-22(25)11-18/h3-8,11-12,16,21H,9-10,13-15H2,1-2H3,(H2,25,27)/t21-/m1/s1. The smallest absolute Gasteiger partial charge is 0.236 e. The zero-order chi connectivity index (χ0) is 23.2. The first-order valence-electron chi connectivity index (χ1n) is 10.8. The number of pyridine rings is 1. The van der Waals surface area contributed by atoms with Gasteiger partial charge < -0.3 is 20.1 Å². The van der Waals surface area contributed by atoms with Gasteiger partial charge in [0.1, 0.15) is 24.0 Å². The van der Waals surface area contributed by atoms with Gasteiger partial charge >= 0.3 is 0 Å². The molecule has 1 fully saturated rings. The Morgan fingerprint density at radius 3 is 2.85 bits per heavy atom. The molecule has 1 atom stereocenters. The largest absolute Gasteiger partial charge is 0.497 e.